The zero-order chi connectivity index (χ0) is 14.8. The van der Waals surface area contributed by atoms with Crippen LogP contribution in [0.15, 0.2) is 35.4 Å². The first-order valence-corrected chi connectivity index (χ1v) is 7.91. The summed E-state index contributed by atoms with van der Waals surface area (Å²) < 4.78 is 23.1. The van der Waals surface area contributed by atoms with Gasteiger partial charge >= 0.3 is 0 Å². The molecule has 2 aromatic rings. The van der Waals surface area contributed by atoms with Gasteiger partial charge in [-0.2, -0.15) is 5.10 Å². The Bertz CT molecular complexity index is 726. The summed E-state index contributed by atoms with van der Waals surface area (Å²) in [6.07, 6.45) is 2.62. The van der Waals surface area contributed by atoms with Crippen LogP contribution in [0.4, 0.5) is 0 Å². The molecule has 2 rings (SSSR count). The third-order valence-corrected chi connectivity index (χ3v) is 4.17. The average molecular weight is 314 g/mol. The van der Waals surface area contributed by atoms with Gasteiger partial charge in [-0.1, -0.05) is 11.6 Å². The largest absolute Gasteiger partial charge is 0.346 e. The fraction of sp³-hybridized carbons (Fsp3) is 0.167. The number of carbonyl (C=O) groups is 1. The van der Waals surface area contributed by atoms with E-state index < -0.39 is 9.84 Å². The first-order chi connectivity index (χ1) is 9.38. The van der Waals surface area contributed by atoms with E-state index in [0.717, 1.165) is 11.9 Å². The van der Waals surface area contributed by atoms with E-state index in [4.69, 9.17) is 11.6 Å². The van der Waals surface area contributed by atoms with Crippen molar-refractivity contribution in [2.75, 3.05) is 6.26 Å². The maximum absolute atomic E-state index is 11.9. The quantitative estimate of drug-likeness (QED) is 0.892. The van der Waals surface area contributed by atoms with Crippen molar-refractivity contribution in [2.45, 2.75) is 11.4 Å². The number of nitrogens with one attached hydrogen (secondary N) is 2. The van der Waals surface area contributed by atoms with E-state index >= 15 is 0 Å². The number of sulfone groups is 1. The molecule has 20 heavy (non-hydrogen) atoms. The summed E-state index contributed by atoms with van der Waals surface area (Å²) in [6.45, 7) is 0.273. The second kappa shape index (κ2) is 5.64. The maximum Gasteiger partial charge on any atom is 0.251 e. The van der Waals surface area contributed by atoms with Crippen LogP contribution in [0.25, 0.3) is 0 Å². The third kappa shape index (κ3) is 3.37. The van der Waals surface area contributed by atoms with Crippen molar-refractivity contribution in [1.82, 2.24) is 15.5 Å². The molecule has 6 nitrogen and oxygen atoms in total. The molecule has 0 aliphatic rings. The lowest BCUT2D eigenvalue weighted by atomic mass is 10.2. The Morgan fingerprint density at radius 1 is 1.40 bits per heavy atom. The second-order valence-corrected chi connectivity index (χ2v) is 6.57. The fourth-order valence-electron chi connectivity index (χ4n) is 1.59. The molecule has 0 saturated heterocycles. The molecule has 0 saturated carbocycles. The van der Waals surface area contributed by atoms with Crippen LogP contribution in [0.5, 0.6) is 0 Å². The molecule has 1 aromatic carbocycles. The van der Waals surface area contributed by atoms with E-state index in [2.05, 4.69) is 15.5 Å². The zero-order valence-corrected chi connectivity index (χ0v) is 12.1. The fourth-order valence-corrected chi connectivity index (χ4v) is 2.89. The summed E-state index contributed by atoms with van der Waals surface area (Å²) in [7, 11) is -3.48. The number of rotatable bonds is 4. The lowest BCUT2D eigenvalue weighted by Crippen LogP contribution is -2.23. The SMILES string of the molecule is CS(=O)(=O)c1cc(C(=O)NCc2ccn[nH]2)ccc1Cl. The smallest absolute Gasteiger partial charge is 0.251 e. The number of amides is 1. The third-order valence-electron chi connectivity index (χ3n) is 2.59. The van der Waals surface area contributed by atoms with Crippen molar-refractivity contribution < 1.29 is 13.2 Å². The highest BCUT2D eigenvalue weighted by molar-refractivity contribution is 7.90. The highest BCUT2D eigenvalue weighted by Crippen LogP contribution is 2.22. The van der Waals surface area contributed by atoms with Gasteiger partial charge in [0.15, 0.2) is 9.84 Å². The number of halogens is 1. The van der Waals surface area contributed by atoms with Gasteiger partial charge in [-0.15, -0.1) is 0 Å². The predicted molar refractivity (Wildman–Crippen MR) is 74.3 cm³/mol. The van der Waals surface area contributed by atoms with Gasteiger partial charge in [0.25, 0.3) is 5.91 Å². The molecule has 0 aliphatic carbocycles. The van der Waals surface area contributed by atoms with Crippen LogP contribution < -0.4 is 5.32 Å². The van der Waals surface area contributed by atoms with E-state index in [0.29, 0.717) is 0 Å². The Labute approximate surface area is 121 Å². The summed E-state index contributed by atoms with van der Waals surface area (Å²) in [5.74, 6) is -0.388. The van der Waals surface area contributed by atoms with Gasteiger partial charge in [0.1, 0.15) is 0 Å². The Balaban J connectivity index is 2.18. The number of aromatic nitrogens is 2. The molecule has 0 atom stereocenters. The number of hydrogen-bond acceptors (Lipinski definition) is 4. The topological polar surface area (TPSA) is 91.9 Å². The van der Waals surface area contributed by atoms with E-state index in [9.17, 15) is 13.2 Å². The van der Waals surface area contributed by atoms with Crippen molar-refractivity contribution in [3.8, 4) is 0 Å². The van der Waals surface area contributed by atoms with Crippen molar-refractivity contribution in [2.24, 2.45) is 0 Å². The second-order valence-electron chi connectivity index (χ2n) is 4.18. The Hall–Kier alpha value is -1.86. The highest BCUT2D eigenvalue weighted by atomic mass is 35.5. The Kier molecular flexibility index (Phi) is 4.10. The maximum atomic E-state index is 11.9. The molecule has 0 fully saturated rings. The number of H-pyrrole nitrogens is 1. The number of hydrogen-bond donors (Lipinski definition) is 2. The molecule has 1 amide bonds. The van der Waals surface area contributed by atoms with Crippen LogP contribution in [0.2, 0.25) is 5.02 Å². The van der Waals surface area contributed by atoms with Crippen molar-refractivity contribution >= 4 is 27.3 Å². The van der Waals surface area contributed by atoms with Gasteiger partial charge in [-0.05, 0) is 24.3 Å². The molecule has 1 heterocycles. The lowest BCUT2D eigenvalue weighted by molar-refractivity contribution is 0.0950. The zero-order valence-electron chi connectivity index (χ0n) is 10.6. The van der Waals surface area contributed by atoms with Gasteiger partial charge in [0, 0.05) is 18.0 Å². The van der Waals surface area contributed by atoms with Gasteiger partial charge in [0.2, 0.25) is 0 Å². The minimum atomic E-state index is -3.48. The first-order valence-electron chi connectivity index (χ1n) is 5.64. The molecule has 0 radical (unpaired) electrons. The van der Waals surface area contributed by atoms with Crippen molar-refractivity contribution in [1.29, 1.82) is 0 Å². The van der Waals surface area contributed by atoms with E-state index in [-0.39, 0.29) is 27.9 Å². The molecular formula is C12H12ClN3O3S. The van der Waals surface area contributed by atoms with E-state index in [1.54, 1.807) is 12.3 Å². The molecule has 1 aromatic heterocycles. The van der Waals surface area contributed by atoms with Gasteiger partial charge in [-0.25, -0.2) is 8.42 Å². The van der Waals surface area contributed by atoms with Crippen LogP contribution in [-0.4, -0.2) is 30.8 Å². The molecule has 8 heteroatoms. The summed E-state index contributed by atoms with van der Waals surface area (Å²) in [6, 6.07) is 5.85. The van der Waals surface area contributed by atoms with Crippen LogP contribution >= 0.6 is 11.6 Å². The molecule has 0 aliphatic heterocycles. The van der Waals surface area contributed by atoms with Gasteiger partial charge < -0.3 is 5.32 Å². The van der Waals surface area contributed by atoms with E-state index in [1.165, 1.54) is 18.2 Å². The summed E-state index contributed by atoms with van der Waals surface area (Å²) in [4.78, 5) is 11.9. The molecule has 2 N–H and O–H groups in total. The number of benzene rings is 1. The highest BCUT2D eigenvalue weighted by Gasteiger charge is 2.15. The number of nitrogens with zero attached hydrogens (tertiary/aromatic N) is 1. The standard InChI is InChI=1S/C12H12ClN3O3S/c1-20(18,19)11-6-8(2-3-10(11)13)12(17)14-7-9-4-5-15-16-9/h2-6H,7H2,1H3,(H,14,17)(H,15,16). The monoisotopic (exact) mass is 313 g/mol. The summed E-state index contributed by atoms with van der Waals surface area (Å²) in [5, 5.41) is 9.21. The van der Waals surface area contributed by atoms with Gasteiger partial charge in [0.05, 0.1) is 22.2 Å². The molecule has 0 spiro atoms. The summed E-state index contributed by atoms with van der Waals surface area (Å²) in [5.41, 5.74) is 0.977. The predicted octanol–water partition coefficient (Wildman–Crippen LogP) is 1.40. The number of aromatic amines is 1. The minimum Gasteiger partial charge on any atom is -0.346 e. The first kappa shape index (κ1) is 14.5. The minimum absolute atomic E-state index is 0.0617. The normalized spacial score (nSPS) is 11.3. The number of carbonyl (C=O) groups excluding carboxylic acids is 1. The molecule has 0 unspecified atom stereocenters. The van der Waals surface area contributed by atoms with Gasteiger partial charge in [-0.3, -0.25) is 9.89 Å². The van der Waals surface area contributed by atoms with Crippen molar-refractivity contribution in [3.05, 3.63) is 46.7 Å². The summed E-state index contributed by atoms with van der Waals surface area (Å²) >= 11 is 5.82. The molecular weight excluding hydrogens is 302 g/mol. The van der Waals surface area contributed by atoms with Crippen molar-refractivity contribution in [3.63, 3.8) is 0 Å². The van der Waals surface area contributed by atoms with Crippen LogP contribution in [0.1, 0.15) is 16.1 Å². The van der Waals surface area contributed by atoms with Crippen LogP contribution in [0, 0.1) is 0 Å². The molecule has 106 valence electrons. The Morgan fingerprint density at radius 2 is 2.15 bits per heavy atom. The average Bonchev–Trinajstić information content (AvgIpc) is 2.88. The lowest BCUT2D eigenvalue weighted by Gasteiger charge is -2.07. The van der Waals surface area contributed by atoms with E-state index in [1.807, 2.05) is 0 Å². The Morgan fingerprint density at radius 3 is 2.75 bits per heavy atom. The molecule has 0 bridgehead atoms. The van der Waals surface area contributed by atoms with Crippen LogP contribution in [0.3, 0.4) is 0 Å². The van der Waals surface area contributed by atoms with Crippen LogP contribution in [-0.2, 0) is 16.4 Å².